The number of nitrogens with one attached hydrogen (secondary N) is 2. The zero-order valence-electron chi connectivity index (χ0n) is 10.8. The molecule has 2 atom stereocenters. The van der Waals surface area contributed by atoms with Gasteiger partial charge in [0.2, 0.25) is 5.91 Å². The zero-order valence-corrected chi connectivity index (χ0v) is 10.8. The van der Waals surface area contributed by atoms with E-state index in [1.165, 1.54) is 12.1 Å². The quantitative estimate of drug-likeness (QED) is 0.631. The summed E-state index contributed by atoms with van der Waals surface area (Å²) in [5.74, 6) is 0.196. The molecule has 1 aromatic carbocycles. The average Bonchev–Trinajstić information content (AvgIpc) is 2.41. The molecule has 6 heteroatoms. The van der Waals surface area contributed by atoms with Crippen molar-refractivity contribution >= 4 is 11.6 Å². The molecule has 0 radical (unpaired) electrons. The molecule has 1 amide bonds. The van der Waals surface area contributed by atoms with Gasteiger partial charge in [0.25, 0.3) is 5.69 Å². The van der Waals surface area contributed by atoms with Gasteiger partial charge < -0.3 is 10.6 Å². The summed E-state index contributed by atoms with van der Waals surface area (Å²) in [6.07, 6.45) is 0.684. The summed E-state index contributed by atoms with van der Waals surface area (Å²) in [6.45, 7) is 3.47. The van der Waals surface area contributed by atoms with Crippen molar-refractivity contribution in [2.75, 3.05) is 13.1 Å². The Morgan fingerprint density at radius 2 is 2.05 bits per heavy atom. The van der Waals surface area contributed by atoms with Gasteiger partial charge in [-0.15, -0.1) is 0 Å². The van der Waals surface area contributed by atoms with E-state index in [1.54, 1.807) is 12.1 Å². The SMILES string of the molecule is CC(CC1NCCNC1=O)c1ccc([N+](=O)[O-])cc1. The van der Waals surface area contributed by atoms with Crippen LogP contribution in [0.5, 0.6) is 0 Å². The number of nitro groups is 1. The molecule has 1 aliphatic heterocycles. The Hall–Kier alpha value is -1.95. The highest BCUT2D eigenvalue weighted by molar-refractivity contribution is 5.82. The predicted molar refractivity (Wildman–Crippen MR) is 70.9 cm³/mol. The van der Waals surface area contributed by atoms with Crippen LogP contribution < -0.4 is 10.6 Å². The second-order valence-electron chi connectivity index (χ2n) is 4.78. The summed E-state index contributed by atoms with van der Waals surface area (Å²) in [5, 5.41) is 16.6. The number of nitrogens with zero attached hydrogens (tertiary/aromatic N) is 1. The van der Waals surface area contributed by atoms with Gasteiger partial charge in [0.15, 0.2) is 0 Å². The maximum atomic E-state index is 11.6. The number of benzene rings is 1. The van der Waals surface area contributed by atoms with Crippen molar-refractivity contribution in [3.05, 3.63) is 39.9 Å². The second kappa shape index (κ2) is 5.79. The van der Waals surface area contributed by atoms with Crippen molar-refractivity contribution in [3.63, 3.8) is 0 Å². The van der Waals surface area contributed by atoms with Gasteiger partial charge in [-0.25, -0.2) is 0 Å². The number of amides is 1. The highest BCUT2D eigenvalue weighted by atomic mass is 16.6. The fourth-order valence-corrected chi connectivity index (χ4v) is 2.25. The first-order valence-electron chi connectivity index (χ1n) is 6.33. The summed E-state index contributed by atoms with van der Waals surface area (Å²) >= 11 is 0. The largest absolute Gasteiger partial charge is 0.353 e. The standard InChI is InChI=1S/C13H17N3O3/c1-9(8-12-13(17)15-7-6-14-12)10-2-4-11(5-3-10)16(18)19/h2-5,9,12,14H,6-8H2,1H3,(H,15,17). The molecule has 2 rings (SSSR count). The summed E-state index contributed by atoms with van der Waals surface area (Å²) in [7, 11) is 0. The first kappa shape index (κ1) is 13.5. The van der Waals surface area contributed by atoms with Gasteiger partial charge >= 0.3 is 0 Å². The van der Waals surface area contributed by atoms with E-state index in [0.717, 1.165) is 12.1 Å². The lowest BCUT2D eigenvalue weighted by atomic mass is 9.93. The lowest BCUT2D eigenvalue weighted by molar-refractivity contribution is -0.384. The molecule has 1 saturated heterocycles. The maximum Gasteiger partial charge on any atom is 0.269 e. The van der Waals surface area contributed by atoms with Gasteiger partial charge in [0.1, 0.15) is 0 Å². The van der Waals surface area contributed by atoms with Crippen LogP contribution in [0.25, 0.3) is 0 Å². The molecule has 1 fully saturated rings. The van der Waals surface area contributed by atoms with Crippen LogP contribution in [0.15, 0.2) is 24.3 Å². The minimum absolute atomic E-state index is 0.0278. The summed E-state index contributed by atoms with van der Waals surface area (Å²) < 4.78 is 0. The molecule has 0 aromatic heterocycles. The van der Waals surface area contributed by atoms with Gasteiger partial charge in [-0.3, -0.25) is 14.9 Å². The van der Waals surface area contributed by atoms with E-state index < -0.39 is 4.92 Å². The van der Waals surface area contributed by atoms with Gasteiger partial charge in [-0.05, 0) is 17.9 Å². The summed E-state index contributed by atoms with van der Waals surface area (Å²) in [4.78, 5) is 21.8. The molecule has 1 aliphatic rings. The lowest BCUT2D eigenvalue weighted by Crippen LogP contribution is -2.53. The van der Waals surface area contributed by atoms with Crippen molar-refractivity contribution in [2.45, 2.75) is 25.3 Å². The minimum Gasteiger partial charge on any atom is -0.353 e. The molecule has 2 N–H and O–H groups in total. The topological polar surface area (TPSA) is 84.3 Å². The minimum atomic E-state index is -0.412. The number of carbonyl (C=O) groups is 1. The smallest absolute Gasteiger partial charge is 0.269 e. The molecule has 0 saturated carbocycles. The Bertz CT molecular complexity index is 473. The van der Waals surface area contributed by atoms with E-state index in [9.17, 15) is 14.9 Å². The van der Waals surface area contributed by atoms with Crippen molar-refractivity contribution in [1.29, 1.82) is 0 Å². The molecule has 102 valence electrons. The monoisotopic (exact) mass is 263 g/mol. The van der Waals surface area contributed by atoms with E-state index in [4.69, 9.17) is 0 Å². The van der Waals surface area contributed by atoms with Crippen molar-refractivity contribution in [2.24, 2.45) is 0 Å². The molecule has 0 bridgehead atoms. The third kappa shape index (κ3) is 3.29. The van der Waals surface area contributed by atoms with Crippen molar-refractivity contribution < 1.29 is 9.72 Å². The van der Waals surface area contributed by atoms with Gasteiger partial charge in [0, 0.05) is 25.2 Å². The van der Waals surface area contributed by atoms with Crippen LogP contribution in [0.3, 0.4) is 0 Å². The first-order valence-corrected chi connectivity index (χ1v) is 6.33. The molecule has 6 nitrogen and oxygen atoms in total. The van der Waals surface area contributed by atoms with Crippen LogP contribution in [0, 0.1) is 10.1 Å². The Labute approximate surface area is 111 Å². The van der Waals surface area contributed by atoms with Crippen LogP contribution in [-0.2, 0) is 4.79 Å². The first-order chi connectivity index (χ1) is 9.08. The van der Waals surface area contributed by atoms with Crippen LogP contribution in [0.1, 0.15) is 24.8 Å². The molecule has 2 unspecified atom stereocenters. The van der Waals surface area contributed by atoms with Gasteiger partial charge in [-0.2, -0.15) is 0 Å². The zero-order chi connectivity index (χ0) is 13.8. The normalized spacial score (nSPS) is 20.7. The Morgan fingerprint density at radius 3 is 2.63 bits per heavy atom. The Balaban J connectivity index is 2.00. The third-order valence-electron chi connectivity index (χ3n) is 3.39. The molecule has 0 aliphatic carbocycles. The van der Waals surface area contributed by atoms with Crippen LogP contribution in [0.2, 0.25) is 0 Å². The highest BCUT2D eigenvalue weighted by Gasteiger charge is 2.24. The van der Waals surface area contributed by atoms with Crippen molar-refractivity contribution in [3.8, 4) is 0 Å². The number of hydrogen-bond donors (Lipinski definition) is 2. The molecule has 19 heavy (non-hydrogen) atoms. The highest BCUT2D eigenvalue weighted by Crippen LogP contribution is 2.23. The van der Waals surface area contributed by atoms with Gasteiger partial charge in [0.05, 0.1) is 11.0 Å². The number of non-ortho nitro benzene ring substituents is 1. The lowest BCUT2D eigenvalue weighted by Gasteiger charge is -2.26. The maximum absolute atomic E-state index is 11.6. The number of piperazine rings is 1. The fourth-order valence-electron chi connectivity index (χ4n) is 2.25. The van der Waals surface area contributed by atoms with E-state index >= 15 is 0 Å². The molecular weight excluding hydrogens is 246 g/mol. The number of carbonyl (C=O) groups excluding carboxylic acids is 1. The fraction of sp³-hybridized carbons (Fsp3) is 0.462. The summed E-state index contributed by atoms with van der Waals surface area (Å²) in [6, 6.07) is 6.33. The van der Waals surface area contributed by atoms with E-state index in [-0.39, 0.29) is 23.6 Å². The Morgan fingerprint density at radius 1 is 1.37 bits per heavy atom. The van der Waals surface area contributed by atoms with E-state index in [2.05, 4.69) is 10.6 Å². The van der Waals surface area contributed by atoms with Crippen LogP contribution in [-0.4, -0.2) is 30.0 Å². The summed E-state index contributed by atoms with van der Waals surface area (Å²) in [5.41, 5.74) is 1.09. The van der Waals surface area contributed by atoms with Crippen LogP contribution >= 0.6 is 0 Å². The number of nitro benzene ring substituents is 1. The average molecular weight is 263 g/mol. The number of rotatable bonds is 4. The Kier molecular flexibility index (Phi) is 4.11. The molecular formula is C13H17N3O3. The molecule has 1 heterocycles. The predicted octanol–water partition coefficient (Wildman–Crippen LogP) is 1.18. The number of hydrogen-bond acceptors (Lipinski definition) is 4. The third-order valence-corrected chi connectivity index (χ3v) is 3.39. The second-order valence-corrected chi connectivity index (χ2v) is 4.78. The van der Waals surface area contributed by atoms with E-state index in [1.807, 2.05) is 6.92 Å². The van der Waals surface area contributed by atoms with Crippen LogP contribution in [0.4, 0.5) is 5.69 Å². The molecule has 0 spiro atoms. The molecule has 1 aromatic rings. The van der Waals surface area contributed by atoms with Crippen molar-refractivity contribution in [1.82, 2.24) is 10.6 Å². The van der Waals surface area contributed by atoms with E-state index in [0.29, 0.717) is 13.0 Å². The van der Waals surface area contributed by atoms with Gasteiger partial charge in [-0.1, -0.05) is 19.1 Å².